The molecule has 0 radical (unpaired) electrons. The van der Waals surface area contributed by atoms with Crippen LogP contribution in [-0.4, -0.2) is 85.6 Å². The van der Waals surface area contributed by atoms with Crippen molar-refractivity contribution in [1.82, 2.24) is 20.0 Å². The third-order valence-electron chi connectivity index (χ3n) is 6.58. The number of piperidine rings is 2. The first-order valence-electron chi connectivity index (χ1n) is 10.6. The molecule has 0 aliphatic carbocycles. The van der Waals surface area contributed by atoms with Gasteiger partial charge < -0.3 is 15.1 Å². The van der Waals surface area contributed by atoms with Crippen molar-refractivity contribution in [3.63, 3.8) is 0 Å². The van der Waals surface area contributed by atoms with Gasteiger partial charge in [-0.1, -0.05) is 13.8 Å². The molecule has 3 aliphatic rings. The maximum atomic E-state index is 13.2. The number of carbonyl (C=O) groups excluding carboxylic acids is 1. The number of likely N-dealkylation sites (tertiary alicyclic amines) is 2. The van der Waals surface area contributed by atoms with Gasteiger partial charge in [-0.05, 0) is 83.2 Å². The number of hydrogen-bond donors (Lipinski definition) is 1. The van der Waals surface area contributed by atoms with Gasteiger partial charge in [0.05, 0.1) is 6.54 Å². The van der Waals surface area contributed by atoms with E-state index in [0.717, 1.165) is 58.0 Å². The molecule has 5 heteroatoms. The second-order valence-corrected chi connectivity index (χ2v) is 8.53. The SMILES string of the molecule is CCN1CCC(CN(C(=O)CN2CCC(C)CC2)C2CCNCC2)C1. The Balaban J connectivity index is 1.58. The van der Waals surface area contributed by atoms with Crippen molar-refractivity contribution in [1.29, 1.82) is 0 Å². The normalized spacial score (nSPS) is 27.7. The molecule has 1 amide bonds. The first-order chi connectivity index (χ1) is 12.2. The molecule has 3 aliphatic heterocycles. The highest BCUT2D eigenvalue weighted by Crippen LogP contribution is 2.22. The van der Waals surface area contributed by atoms with Crippen LogP contribution < -0.4 is 5.32 Å². The third kappa shape index (κ3) is 5.41. The summed E-state index contributed by atoms with van der Waals surface area (Å²) < 4.78 is 0. The molecule has 0 bridgehead atoms. The second kappa shape index (κ2) is 9.33. The van der Waals surface area contributed by atoms with Crippen LogP contribution in [0.25, 0.3) is 0 Å². The number of rotatable bonds is 6. The lowest BCUT2D eigenvalue weighted by Gasteiger charge is -2.38. The Hall–Kier alpha value is -0.650. The van der Waals surface area contributed by atoms with Crippen LogP contribution in [0, 0.1) is 11.8 Å². The summed E-state index contributed by atoms with van der Waals surface area (Å²) in [5, 5.41) is 3.45. The fraction of sp³-hybridized carbons (Fsp3) is 0.950. The Morgan fingerprint density at radius 2 is 1.72 bits per heavy atom. The Kier molecular flexibility index (Phi) is 7.14. The molecule has 0 aromatic heterocycles. The molecule has 3 fully saturated rings. The highest BCUT2D eigenvalue weighted by atomic mass is 16.2. The fourth-order valence-corrected chi connectivity index (χ4v) is 4.70. The lowest BCUT2D eigenvalue weighted by atomic mass is 9.98. The molecule has 0 aromatic rings. The summed E-state index contributed by atoms with van der Waals surface area (Å²) in [5.74, 6) is 1.88. The Morgan fingerprint density at radius 3 is 2.36 bits per heavy atom. The van der Waals surface area contributed by atoms with Gasteiger partial charge in [0.2, 0.25) is 5.91 Å². The summed E-state index contributed by atoms with van der Waals surface area (Å²) in [7, 11) is 0. The first-order valence-corrected chi connectivity index (χ1v) is 10.6. The lowest BCUT2D eigenvalue weighted by molar-refractivity contribution is -0.136. The minimum atomic E-state index is 0.386. The van der Waals surface area contributed by atoms with Gasteiger partial charge >= 0.3 is 0 Å². The molecule has 1 N–H and O–H groups in total. The van der Waals surface area contributed by atoms with Crippen LogP contribution in [0.2, 0.25) is 0 Å². The lowest BCUT2D eigenvalue weighted by Crippen LogP contribution is -2.51. The highest BCUT2D eigenvalue weighted by molar-refractivity contribution is 5.78. The summed E-state index contributed by atoms with van der Waals surface area (Å²) in [6, 6.07) is 0.452. The van der Waals surface area contributed by atoms with E-state index in [0.29, 0.717) is 24.4 Å². The first kappa shape index (κ1) is 19.1. The fourth-order valence-electron chi connectivity index (χ4n) is 4.70. The molecule has 0 aromatic carbocycles. The molecular weight excluding hydrogens is 312 g/mol. The molecule has 0 spiro atoms. The van der Waals surface area contributed by atoms with Crippen LogP contribution >= 0.6 is 0 Å². The van der Waals surface area contributed by atoms with E-state index in [2.05, 4.69) is 33.9 Å². The van der Waals surface area contributed by atoms with E-state index in [4.69, 9.17) is 0 Å². The predicted molar refractivity (Wildman–Crippen MR) is 103 cm³/mol. The van der Waals surface area contributed by atoms with Crippen molar-refractivity contribution in [3.05, 3.63) is 0 Å². The van der Waals surface area contributed by atoms with Crippen LogP contribution in [-0.2, 0) is 4.79 Å². The van der Waals surface area contributed by atoms with Crippen LogP contribution in [0.5, 0.6) is 0 Å². The molecule has 1 unspecified atom stereocenters. The maximum Gasteiger partial charge on any atom is 0.237 e. The molecular formula is C20H38N4O. The van der Waals surface area contributed by atoms with E-state index in [1.807, 2.05) is 0 Å². The maximum absolute atomic E-state index is 13.2. The summed E-state index contributed by atoms with van der Waals surface area (Å²) in [4.78, 5) is 20.4. The van der Waals surface area contributed by atoms with Crippen molar-refractivity contribution < 1.29 is 4.79 Å². The van der Waals surface area contributed by atoms with Crippen molar-refractivity contribution in [2.75, 3.05) is 58.9 Å². The van der Waals surface area contributed by atoms with Gasteiger partial charge in [0, 0.05) is 19.1 Å². The molecule has 144 valence electrons. The standard InChI is InChI=1S/C20H38N4O/c1-3-22-13-8-18(14-22)15-24(19-4-9-21-10-5-19)20(25)16-23-11-6-17(2)7-12-23/h17-19,21H,3-16H2,1-2H3. The quantitative estimate of drug-likeness (QED) is 0.790. The van der Waals surface area contributed by atoms with Crippen LogP contribution in [0.15, 0.2) is 0 Å². The van der Waals surface area contributed by atoms with E-state index in [1.165, 1.54) is 32.4 Å². The highest BCUT2D eigenvalue weighted by Gasteiger charge is 2.31. The average Bonchev–Trinajstić information content (AvgIpc) is 3.10. The summed E-state index contributed by atoms with van der Waals surface area (Å²) in [6.07, 6.45) is 5.98. The van der Waals surface area contributed by atoms with Crippen molar-refractivity contribution in [2.45, 2.75) is 52.0 Å². The number of hydrogen-bond acceptors (Lipinski definition) is 4. The average molecular weight is 351 g/mol. The van der Waals surface area contributed by atoms with Gasteiger partial charge in [0.1, 0.15) is 0 Å². The molecule has 5 nitrogen and oxygen atoms in total. The molecule has 3 saturated heterocycles. The smallest absolute Gasteiger partial charge is 0.237 e. The van der Waals surface area contributed by atoms with Gasteiger partial charge in [-0.25, -0.2) is 0 Å². The van der Waals surface area contributed by atoms with Crippen molar-refractivity contribution >= 4 is 5.91 Å². The number of amides is 1. The van der Waals surface area contributed by atoms with Gasteiger partial charge in [-0.3, -0.25) is 9.69 Å². The van der Waals surface area contributed by atoms with Crippen molar-refractivity contribution in [2.24, 2.45) is 11.8 Å². The molecule has 0 saturated carbocycles. The van der Waals surface area contributed by atoms with Gasteiger partial charge in [-0.15, -0.1) is 0 Å². The summed E-state index contributed by atoms with van der Waals surface area (Å²) in [6.45, 7) is 14.0. The zero-order valence-corrected chi connectivity index (χ0v) is 16.4. The summed E-state index contributed by atoms with van der Waals surface area (Å²) >= 11 is 0. The predicted octanol–water partition coefficient (Wildman–Crippen LogP) is 1.64. The number of nitrogens with one attached hydrogen (secondary N) is 1. The Morgan fingerprint density at radius 1 is 1.04 bits per heavy atom. The third-order valence-corrected chi connectivity index (χ3v) is 6.58. The van der Waals surface area contributed by atoms with E-state index in [9.17, 15) is 4.79 Å². The van der Waals surface area contributed by atoms with E-state index in [1.54, 1.807) is 0 Å². The molecule has 3 rings (SSSR count). The largest absolute Gasteiger partial charge is 0.338 e. The van der Waals surface area contributed by atoms with E-state index < -0.39 is 0 Å². The van der Waals surface area contributed by atoms with Gasteiger partial charge in [0.15, 0.2) is 0 Å². The topological polar surface area (TPSA) is 38.8 Å². The van der Waals surface area contributed by atoms with Crippen LogP contribution in [0.3, 0.4) is 0 Å². The van der Waals surface area contributed by atoms with Crippen LogP contribution in [0.1, 0.15) is 46.0 Å². The second-order valence-electron chi connectivity index (χ2n) is 8.53. The zero-order valence-electron chi connectivity index (χ0n) is 16.4. The number of nitrogens with zero attached hydrogens (tertiary/aromatic N) is 3. The molecule has 1 atom stereocenters. The Labute approximate surface area is 154 Å². The van der Waals surface area contributed by atoms with Gasteiger partial charge in [0.25, 0.3) is 0 Å². The number of carbonyl (C=O) groups is 1. The Bertz CT molecular complexity index is 416. The van der Waals surface area contributed by atoms with Crippen LogP contribution in [0.4, 0.5) is 0 Å². The molecule has 25 heavy (non-hydrogen) atoms. The minimum absolute atomic E-state index is 0.386. The monoisotopic (exact) mass is 350 g/mol. The van der Waals surface area contributed by atoms with Gasteiger partial charge in [-0.2, -0.15) is 0 Å². The molecule has 3 heterocycles. The van der Waals surface area contributed by atoms with E-state index >= 15 is 0 Å². The van der Waals surface area contributed by atoms with Crippen molar-refractivity contribution in [3.8, 4) is 0 Å². The minimum Gasteiger partial charge on any atom is -0.338 e. The van der Waals surface area contributed by atoms with E-state index in [-0.39, 0.29) is 0 Å². The summed E-state index contributed by atoms with van der Waals surface area (Å²) in [5.41, 5.74) is 0. The zero-order chi connectivity index (χ0) is 17.6.